The van der Waals surface area contributed by atoms with Crippen molar-refractivity contribution in [3.63, 3.8) is 0 Å². The Morgan fingerprint density at radius 2 is 1.80 bits per heavy atom. The van der Waals surface area contributed by atoms with Crippen molar-refractivity contribution in [2.45, 2.75) is 50.7 Å². The van der Waals surface area contributed by atoms with Gasteiger partial charge in [-0.15, -0.1) is 11.3 Å². The van der Waals surface area contributed by atoms with Crippen molar-refractivity contribution in [3.8, 4) is 6.07 Å². The van der Waals surface area contributed by atoms with Crippen LogP contribution in [0.25, 0.3) is 0 Å². The molecule has 1 aliphatic heterocycles. The summed E-state index contributed by atoms with van der Waals surface area (Å²) in [5.41, 5.74) is 3.70. The summed E-state index contributed by atoms with van der Waals surface area (Å²) in [6, 6.07) is 19.3. The number of aryl methyl sites for hydroxylation is 1. The van der Waals surface area contributed by atoms with Crippen molar-refractivity contribution in [1.29, 1.82) is 5.26 Å². The van der Waals surface area contributed by atoms with Crippen LogP contribution in [0.1, 0.15) is 53.0 Å². The third kappa shape index (κ3) is 6.85. The van der Waals surface area contributed by atoms with Crippen molar-refractivity contribution in [3.05, 3.63) is 100 Å². The predicted molar refractivity (Wildman–Crippen MR) is 157 cm³/mol. The molecule has 210 valence electrons. The average Bonchev–Trinajstić information content (AvgIpc) is 3.49. The molecular weight excluding hydrogens is 557 g/mol. The van der Waals surface area contributed by atoms with Crippen LogP contribution < -0.4 is 5.32 Å². The van der Waals surface area contributed by atoms with Crippen molar-refractivity contribution in [2.75, 3.05) is 11.1 Å². The van der Waals surface area contributed by atoms with Gasteiger partial charge in [0.2, 0.25) is 5.91 Å². The maximum atomic E-state index is 12.7. The fourth-order valence-corrected chi connectivity index (χ4v) is 7.15. The molecule has 9 nitrogen and oxygen atoms in total. The van der Waals surface area contributed by atoms with Crippen molar-refractivity contribution in [2.24, 2.45) is 5.92 Å². The zero-order chi connectivity index (χ0) is 29.0. The van der Waals surface area contributed by atoms with E-state index in [0.717, 1.165) is 34.8 Å². The second-order valence-electron chi connectivity index (χ2n) is 10.3. The first kappa shape index (κ1) is 28.5. The van der Waals surface area contributed by atoms with Gasteiger partial charge in [-0.05, 0) is 35.6 Å². The van der Waals surface area contributed by atoms with Gasteiger partial charge in [0.1, 0.15) is 10.7 Å². The molecule has 2 aromatic carbocycles. The Hall–Kier alpha value is -3.98. The molecule has 41 heavy (non-hydrogen) atoms. The number of nitrogens with zero attached hydrogens (tertiary/aromatic N) is 5. The largest absolute Gasteiger partial charge is 0.302 e. The molecule has 11 heteroatoms. The number of carbonyl (C=O) groups is 1. The summed E-state index contributed by atoms with van der Waals surface area (Å²) in [4.78, 5) is 29.3. The van der Waals surface area contributed by atoms with Crippen molar-refractivity contribution < 1.29 is 13.2 Å². The molecule has 1 amide bonds. The van der Waals surface area contributed by atoms with E-state index in [-0.39, 0.29) is 34.8 Å². The number of nitriles is 1. The normalized spacial score (nSPS) is 15.0. The van der Waals surface area contributed by atoms with E-state index < -0.39 is 9.84 Å². The van der Waals surface area contributed by atoms with Gasteiger partial charge in [-0.25, -0.2) is 23.4 Å². The number of amides is 1. The van der Waals surface area contributed by atoms with E-state index >= 15 is 0 Å². The van der Waals surface area contributed by atoms with Crippen LogP contribution in [0.4, 0.5) is 5.13 Å². The number of anilines is 1. The summed E-state index contributed by atoms with van der Waals surface area (Å²) in [5, 5.41) is 12.4. The predicted octanol–water partition coefficient (Wildman–Crippen LogP) is 4.72. The molecule has 0 spiro atoms. The molecule has 0 radical (unpaired) electrons. The Labute approximate surface area is 243 Å². The molecule has 2 aromatic heterocycles. The Morgan fingerprint density at radius 1 is 1.10 bits per heavy atom. The van der Waals surface area contributed by atoms with E-state index in [1.54, 1.807) is 0 Å². The number of hydrogen-bond acceptors (Lipinski definition) is 9. The Kier molecular flexibility index (Phi) is 8.54. The lowest BCUT2D eigenvalue weighted by molar-refractivity contribution is -0.115. The van der Waals surface area contributed by atoms with E-state index in [9.17, 15) is 13.2 Å². The molecule has 0 fully saturated rings. The van der Waals surface area contributed by atoms with Gasteiger partial charge in [-0.3, -0.25) is 9.69 Å². The van der Waals surface area contributed by atoms with Gasteiger partial charge < -0.3 is 5.32 Å². The zero-order valence-corrected chi connectivity index (χ0v) is 24.5. The molecule has 0 unspecified atom stereocenters. The quantitative estimate of drug-likeness (QED) is 0.283. The van der Waals surface area contributed by atoms with Crippen LogP contribution in [-0.2, 0) is 40.6 Å². The lowest BCUT2D eigenvalue weighted by Gasteiger charge is -2.27. The Morgan fingerprint density at radius 3 is 2.46 bits per heavy atom. The molecule has 0 saturated heterocycles. The summed E-state index contributed by atoms with van der Waals surface area (Å²) in [7, 11) is -3.54. The highest BCUT2D eigenvalue weighted by Gasteiger charge is 2.36. The minimum atomic E-state index is -3.54. The van der Waals surface area contributed by atoms with Crippen molar-refractivity contribution >= 4 is 32.2 Å². The third-order valence-electron chi connectivity index (χ3n) is 6.96. The summed E-state index contributed by atoms with van der Waals surface area (Å²) >= 11 is 1.46. The number of nitrogens with one attached hydrogen (secondary N) is 1. The van der Waals surface area contributed by atoms with Crippen molar-refractivity contribution in [1.82, 2.24) is 19.9 Å². The van der Waals surface area contributed by atoms with Gasteiger partial charge in [-0.1, -0.05) is 56.3 Å². The maximum absolute atomic E-state index is 12.7. The number of hydrogen-bond donors (Lipinski definition) is 1. The smallest absolute Gasteiger partial charge is 0.233 e. The molecule has 1 atom stereocenters. The van der Waals surface area contributed by atoms with Crippen LogP contribution in [0.5, 0.6) is 0 Å². The van der Waals surface area contributed by atoms with E-state index in [1.165, 1.54) is 23.7 Å². The lowest BCUT2D eigenvalue weighted by atomic mass is 10.0. The standard InChI is InChI=1S/C30H30N6O3S2/c1-20(2)29-28-25(19-36(29)18-23-10-8-22(15-31)9-11-23)40-30(35-28)34-27(37)14-26-32-16-24(17-33-26)41(38,39)13-12-21-6-4-3-5-7-21/h3-11,16-17,20,29H,12-14,18-19H2,1-2H3,(H,34,35,37)/t29-/m1/s1. The SMILES string of the molecule is CC(C)[C@@H]1c2nc(NC(=O)Cc3ncc(S(=O)(=O)CCc4ccccc4)cn3)sc2CN1Cc1ccc(C#N)cc1. The monoisotopic (exact) mass is 586 g/mol. The summed E-state index contributed by atoms with van der Waals surface area (Å²) in [6.45, 7) is 5.79. The average molecular weight is 587 g/mol. The van der Waals surface area contributed by atoms with E-state index in [4.69, 9.17) is 10.2 Å². The van der Waals surface area contributed by atoms with E-state index in [2.05, 4.69) is 40.1 Å². The van der Waals surface area contributed by atoms with E-state index in [1.807, 2.05) is 54.6 Å². The first-order valence-electron chi connectivity index (χ1n) is 13.3. The zero-order valence-electron chi connectivity index (χ0n) is 22.8. The molecule has 0 saturated carbocycles. The van der Waals surface area contributed by atoms with Crippen LogP contribution in [-0.4, -0.2) is 39.9 Å². The van der Waals surface area contributed by atoms with Crippen LogP contribution in [0.3, 0.4) is 0 Å². The van der Waals surface area contributed by atoms with Gasteiger partial charge in [0.25, 0.3) is 0 Å². The molecule has 4 aromatic rings. The number of fused-ring (bicyclic) bond motifs is 1. The van der Waals surface area contributed by atoms with Gasteiger partial charge in [0.05, 0.1) is 35.5 Å². The second kappa shape index (κ2) is 12.3. The number of thiazole rings is 1. The number of sulfone groups is 1. The van der Waals surface area contributed by atoms with Gasteiger partial charge in [-0.2, -0.15) is 5.26 Å². The minimum Gasteiger partial charge on any atom is -0.302 e. The summed E-state index contributed by atoms with van der Waals surface area (Å²) in [6.07, 6.45) is 2.84. The topological polar surface area (TPSA) is 129 Å². The first-order chi connectivity index (χ1) is 19.7. The second-order valence-corrected chi connectivity index (χ2v) is 13.5. The first-order valence-corrected chi connectivity index (χ1v) is 15.8. The molecule has 1 N–H and O–H groups in total. The summed E-state index contributed by atoms with van der Waals surface area (Å²) in [5.74, 6) is 0.197. The Bertz CT molecular complexity index is 1660. The molecule has 0 aliphatic carbocycles. The highest BCUT2D eigenvalue weighted by atomic mass is 32.2. The van der Waals surface area contributed by atoms with Crippen LogP contribution in [0.15, 0.2) is 71.9 Å². The fraction of sp³-hybridized carbons (Fsp3) is 0.300. The highest BCUT2D eigenvalue weighted by Crippen LogP contribution is 2.43. The molecule has 0 bridgehead atoms. The van der Waals surface area contributed by atoms with Gasteiger partial charge in [0, 0.05) is 30.4 Å². The molecule has 1 aliphatic rings. The highest BCUT2D eigenvalue weighted by molar-refractivity contribution is 7.91. The van der Waals surface area contributed by atoms with Crippen LogP contribution in [0.2, 0.25) is 0 Å². The molecular formula is C30H30N6O3S2. The van der Waals surface area contributed by atoms with Gasteiger partial charge >= 0.3 is 0 Å². The Balaban J connectivity index is 1.18. The number of benzene rings is 2. The number of aromatic nitrogens is 3. The molecule has 3 heterocycles. The van der Waals surface area contributed by atoms with E-state index in [0.29, 0.717) is 23.0 Å². The fourth-order valence-electron chi connectivity index (χ4n) is 4.94. The maximum Gasteiger partial charge on any atom is 0.233 e. The van der Waals surface area contributed by atoms with Gasteiger partial charge in [0.15, 0.2) is 15.0 Å². The lowest BCUT2D eigenvalue weighted by Crippen LogP contribution is -2.26. The minimum absolute atomic E-state index is 0.0410. The third-order valence-corrected chi connectivity index (χ3v) is 9.60. The molecule has 5 rings (SSSR count). The van der Waals surface area contributed by atoms with Crippen LogP contribution >= 0.6 is 11.3 Å². The number of rotatable bonds is 10. The van der Waals surface area contributed by atoms with Crippen LogP contribution in [0, 0.1) is 17.2 Å². The number of carbonyl (C=O) groups excluding carboxylic acids is 1. The summed E-state index contributed by atoms with van der Waals surface area (Å²) < 4.78 is 25.4.